The van der Waals surface area contributed by atoms with Crippen LogP contribution in [0.15, 0.2) is 35.5 Å². The number of amides is 1. The van der Waals surface area contributed by atoms with E-state index in [1.165, 1.54) is 10.7 Å². The first-order valence-electron chi connectivity index (χ1n) is 12.6. The molecular weight excluding hydrogens is 515 g/mol. The second kappa shape index (κ2) is 10.2. The molecule has 2 bridgehead atoms. The summed E-state index contributed by atoms with van der Waals surface area (Å²) in [5.74, 6) is 5.75. The summed E-state index contributed by atoms with van der Waals surface area (Å²) in [6, 6.07) is 6.22. The van der Waals surface area contributed by atoms with Gasteiger partial charge in [-0.05, 0) is 76.3 Å². The third-order valence-corrected chi connectivity index (χ3v) is 7.67. The lowest BCUT2D eigenvalue weighted by Gasteiger charge is -2.31. The molecular formula is C26H30F3N7OS. The Hall–Kier alpha value is -3.17. The number of piperidine rings is 1. The number of rotatable bonds is 5. The molecule has 5 rings (SSSR count). The molecule has 0 spiro atoms. The standard InChI is InChI=1S/C26H30F3N7OS/c1-25(2,3)35-15-16(14-31-35)24(37)30-13-5-6-20-23(38-26(27,28)29)21-7-4-8-22(36(21)34-20)33-19-12-10-17-9-11-18(19)32-17/h4,7-8,14-15,17-19,32-33H,9-13H2,1-3H3,(H,30,37)/t17-,18+,19+/m0/s1. The summed E-state index contributed by atoms with van der Waals surface area (Å²) in [6.07, 6.45) is 7.40. The van der Waals surface area contributed by atoms with Crippen LogP contribution in [0.5, 0.6) is 0 Å². The number of carbonyl (C=O) groups is 1. The predicted molar refractivity (Wildman–Crippen MR) is 140 cm³/mol. The highest BCUT2D eigenvalue weighted by atomic mass is 32.2. The fraction of sp³-hybridized carbons (Fsp3) is 0.500. The Morgan fingerprint density at radius 3 is 2.74 bits per heavy atom. The van der Waals surface area contributed by atoms with Gasteiger partial charge in [0.15, 0.2) is 0 Å². The lowest BCUT2D eigenvalue weighted by molar-refractivity contribution is -0.0327. The van der Waals surface area contributed by atoms with Crippen LogP contribution >= 0.6 is 11.8 Å². The van der Waals surface area contributed by atoms with E-state index in [0.29, 0.717) is 29.0 Å². The number of hydrogen-bond donors (Lipinski definition) is 3. The fourth-order valence-electron chi connectivity index (χ4n) is 4.96. The zero-order chi connectivity index (χ0) is 27.1. The Bertz CT molecular complexity index is 1400. The number of aromatic nitrogens is 4. The van der Waals surface area contributed by atoms with Gasteiger partial charge in [0.25, 0.3) is 5.91 Å². The largest absolute Gasteiger partial charge is 0.446 e. The zero-order valence-electron chi connectivity index (χ0n) is 21.4. The van der Waals surface area contributed by atoms with Gasteiger partial charge in [0, 0.05) is 24.3 Å². The molecule has 2 fully saturated rings. The molecule has 3 atom stereocenters. The number of pyridine rings is 1. The Kier molecular flexibility index (Phi) is 7.09. The number of fused-ring (bicyclic) bond motifs is 3. The molecule has 3 aromatic rings. The van der Waals surface area contributed by atoms with Crippen molar-refractivity contribution in [1.82, 2.24) is 30.0 Å². The van der Waals surface area contributed by atoms with Gasteiger partial charge in [-0.3, -0.25) is 9.48 Å². The number of alkyl halides is 3. The maximum Gasteiger partial charge on any atom is 0.446 e. The molecule has 0 aliphatic carbocycles. The molecule has 3 aromatic heterocycles. The highest BCUT2D eigenvalue weighted by molar-refractivity contribution is 8.00. The molecule has 8 nitrogen and oxygen atoms in total. The monoisotopic (exact) mass is 545 g/mol. The normalized spacial score (nSPS) is 21.3. The van der Waals surface area contributed by atoms with Crippen LogP contribution in [0.4, 0.5) is 19.0 Å². The average Bonchev–Trinajstić information content (AvgIpc) is 3.56. The second-order valence-corrected chi connectivity index (χ2v) is 11.7. The first kappa shape index (κ1) is 26.4. The third-order valence-electron chi connectivity index (χ3n) is 6.83. The minimum atomic E-state index is -4.50. The van der Waals surface area contributed by atoms with Crippen molar-refractivity contribution in [1.29, 1.82) is 0 Å². The minimum Gasteiger partial charge on any atom is -0.366 e. The van der Waals surface area contributed by atoms with Crippen molar-refractivity contribution in [3.63, 3.8) is 0 Å². The molecule has 0 saturated carbocycles. The molecule has 2 aliphatic heterocycles. The van der Waals surface area contributed by atoms with Crippen molar-refractivity contribution in [3.8, 4) is 11.8 Å². The van der Waals surface area contributed by atoms with Crippen LogP contribution in [0.2, 0.25) is 0 Å². The van der Waals surface area contributed by atoms with E-state index in [0.717, 1.165) is 25.7 Å². The summed E-state index contributed by atoms with van der Waals surface area (Å²) in [5.41, 5.74) is -4.05. The van der Waals surface area contributed by atoms with E-state index in [1.807, 2.05) is 26.8 Å². The number of thioether (sulfide) groups is 1. The van der Waals surface area contributed by atoms with E-state index in [-0.39, 0.29) is 46.4 Å². The van der Waals surface area contributed by atoms with Gasteiger partial charge in [-0.1, -0.05) is 12.0 Å². The van der Waals surface area contributed by atoms with Crippen molar-refractivity contribution in [2.75, 3.05) is 11.9 Å². The lowest BCUT2D eigenvalue weighted by atomic mass is 10.00. The highest BCUT2D eigenvalue weighted by Gasteiger charge is 2.36. The number of carbonyl (C=O) groups excluding carboxylic acids is 1. The van der Waals surface area contributed by atoms with E-state index in [4.69, 9.17) is 0 Å². The van der Waals surface area contributed by atoms with Crippen molar-refractivity contribution >= 4 is 29.0 Å². The maximum atomic E-state index is 13.5. The van der Waals surface area contributed by atoms with E-state index in [9.17, 15) is 18.0 Å². The summed E-state index contributed by atoms with van der Waals surface area (Å²) in [7, 11) is 0. The number of nitrogens with zero attached hydrogens (tertiary/aromatic N) is 4. The molecule has 0 unspecified atom stereocenters. The van der Waals surface area contributed by atoms with E-state index in [1.54, 1.807) is 23.0 Å². The molecule has 2 aliphatic rings. The summed E-state index contributed by atoms with van der Waals surface area (Å²) in [6.45, 7) is 5.85. The number of nitrogens with one attached hydrogen (secondary N) is 3. The first-order chi connectivity index (χ1) is 18.0. The summed E-state index contributed by atoms with van der Waals surface area (Å²) < 4.78 is 43.6. The Balaban J connectivity index is 1.36. The van der Waals surface area contributed by atoms with Crippen molar-refractivity contribution in [2.24, 2.45) is 0 Å². The van der Waals surface area contributed by atoms with Crippen molar-refractivity contribution in [2.45, 2.75) is 80.5 Å². The van der Waals surface area contributed by atoms with Gasteiger partial charge < -0.3 is 16.0 Å². The quantitative estimate of drug-likeness (QED) is 0.326. The van der Waals surface area contributed by atoms with Gasteiger partial charge in [0.1, 0.15) is 11.5 Å². The van der Waals surface area contributed by atoms with Gasteiger partial charge in [-0.2, -0.15) is 23.4 Å². The SMILES string of the molecule is CC(C)(C)n1cc(C(=O)NCC#Cc2nn3c(N[C@@H]4CC[C@@H]5CC[C@H]4N5)cccc3c2SC(F)(F)F)cn1. The molecule has 202 valence electrons. The van der Waals surface area contributed by atoms with E-state index in [2.05, 4.69) is 38.0 Å². The van der Waals surface area contributed by atoms with Crippen LogP contribution < -0.4 is 16.0 Å². The van der Waals surface area contributed by atoms with Gasteiger partial charge in [0.2, 0.25) is 0 Å². The van der Waals surface area contributed by atoms with E-state index >= 15 is 0 Å². The number of anilines is 1. The Morgan fingerprint density at radius 1 is 1.21 bits per heavy atom. The Morgan fingerprint density at radius 2 is 2.00 bits per heavy atom. The maximum absolute atomic E-state index is 13.5. The first-order valence-corrected chi connectivity index (χ1v) is 13.4. The van der Waals surface area contributed by atoms with Gasteiger partial charge in [0.05, 0.1) is 34.3 Å². The second-order valence-electron chi connectivity index (χ2n) is 10.6. The zero-order valence-corrected chi connectivity index (χ0v) is 22.2. The van der Waals surface area contributed by atoms with E-state index < -0.39 is 5.51 Å². The molecule has 0 radical (unpaired) electrons. The molecule has 2 saturated heterocycles. The average molecular weight is 546 g/mol. The molecule has 12 heteroatoms. The van der Waals surface area contributed by atoms with Crippen molar-refractivity contribution < 1.29 is 18.0 Å². The van der Waals surface area contributed by atoms with Crippen LogP contribution in [0.25, 0.3) is 5.52 Å². The topological polar surface area (TPSA) is 88.3 Å². The smallest absolute Gasteiger partial charge is 0.366 e. The lowest BCUT2D eigenvalue weighted by Crippen LogP contribution is -2.47. The molecule has 5 heterocycles. The van der Waals surface area contributed by atoms with Crippen LogP contribution in [0.3, 0.4) is 0 Å². The van der Waals surface area contributed by atoms with Crippen LogP contribution in [-0.4, -0.2) is 55.5 Å². The number of hydrogen-bond acceptors (Lipinski definition) is 6. The Labute approximate surface area is 223 Å². The molecule has 38 heavy (non-hydrogen) atoms. The summed E-state index contributed by atoms with van der Waals surface area (Å²) >= 11 is -0.228. The molecule has 0 aromatic carbocycles. The highest BCUT2D eigenvalue weighted by Crippen LogP contribution is 2.41. The fourth-order valence-corrected chi connectivity index (χ4v) is 5.64. The van der Waals surface area contributed by atoms with Crippen molar-refractivity contribution in [3.05, 3.63) is 41.9 Å². The molecule has 3 N–H and O–H groups in total. The summed E-state index contributed by atoms with van der Waals surface area (Å²) in [5, 5.41) is 18.4. The van der Waals surface area contributed by atoms with Gasteiger partial charge >= 0.3 is 5.51 Å². The van der Waals surface area contributed by atoms with Crippen LogP contribution in [0, 0.1) is 11.8 Å². The molecule has 1 amide bonds. The van der Waals surface area contributed by atoms with Crippen LogP contribution in [-0.2, 0) is 5.54 Å². The third kappa shape index (κ3) is 5.78. The minimum absolute atomic E-state index is 0.0130. The number of halogens is 3. The predicted octanol–water partition coefficient (Wildman–Crippen LogP) is 4.37. The van der Waals surface area contributed by atoms with Gasteiger partial charge in [-0.25, -0.2) is 4.52 Å². The van der Waals surface area contributed by atoms with Crippen LogP contribution in [0.1, 0.15) is 62.5 Å². The summed E-state index contributed by atoms with van der Waals surface area (Å²) in [4.78, 5) is 12.4. The van der Waals surface area contributed by atoms with Gasteiger partial charge in [-0.15, -0.1) is 0 Å².